The van der Waals surface area contributed by atoms with Crippen molar-refractivity contribution in [1.82, 2.24) is 0 Å². The normalized spacial score (nSPS) is 10.3. The summed E-state index contributed by atoms with van der Waals surface area (Å²) in [5, 5.41) is 12.5. The number of furan rings is 1. The third kappa shape index (κ3) is 2.86. The summed E-state index contributed by atoms with van der Waals surface area (Å²) in [5.41, 5.74) is 0.854. The van der Waals surface area contributed by atoms with Crippen LogP contribution in [-0.4, -0.2) is 11.1 Å². The zero-order chi connectivity index (χ0) is 13.1. The van der Waals surface area contributed by atoms with E-state index in [1.165, 1.54) is 12.3 Å². The van der Waals surface area contributed by atoms with E-state index in [-0.39, 0.29) is 12.1 Å². The number of carbonyl (C=O) groups is 1. The molecule has 94 valence electrons. The van der Waals surface area contributed by atoms with Crippen LogP contribution in [-0.2, 0) is 6.54 Å². The first-order valence-corrected chi connectivity index (χ1v) is 6.23. The fourth-order valence-corrected chi connectivity index (χ4v) is 2.02. The van der Waals surface area contributed by atoms with Crippen LogP contribution in [0.4, 0.5) is 5.69 Å². The number of carboxylic acid groups (broad SMARTS) is 1. The van der Waals surface area contributed by atoms with Crippen LogP contribution in [0.25, 0.3) is 0 Å². The highest BCUT2D eigenvalue weighted by Crippen LogP contribution is 2.26. The van der Waals surface area contributed by atoms with E-state index >= 15 is 0 Å². The Labute approximate surface area is 117 Å². The molecule has 0 amide bonds. The van der Waals surface area contributed by atoms with E-state index in [0.29, 0.717) is 16.5 Å². The molecule has 4 nitrogen and oxygen atoms in total. The van der Waals surface area contributed by atoms with Crippen molar-refractivity contribution in [3.63, 3.8) is 0 Å². The lowest BCUT2D eigenvalue weighted by Gasteiger charge is -2.07. The van der Waals surface area contributed by atoms with Crippen LogP contribution in [0.2, 0.25) is 5.02 Å². The first-order chi connectivity index (χ1) is 8.58. The van der Waals surface area contributed by atoms with E-state index < -0.39 is 5.97 Å². The first kappa shape index (κ1) is 13.0. The molecule has 0 aliphatic heterocycles. The second-order valence-corrected chi connectivity index (χ2v) is 4.86. The summed E-state index contributed by atoms with van der Waals surface area (Å²) in [6.07, 6.45) is 1.35. The van der Waals surface area contributed by atoms with E-state index in [1.807, 2.05) is 12.1 Å². The van der Waals surface area contributed by atoms with Gasteiger partial charge in [-0.1, -0.05) is 27.5 Å². The number of aromatic carboxylic acids is 1. The van der Waals surface area contributed by atoms with Gasteiger partial charge in [0.05, 0.1) is 23.5 Å². The molecule has 0 saturated carbocycles. The smallest absolute Gasteiger partial charge is 0.339 e. The summed E-state index contributed by atoms with van der Waals surface area (Å²) in [6, 6.07) is 6.80. The highest BCUT2D eigenvalue weighted by atomic mass is 79.9. The number of halogens is 2. The van der Waals surface area contributed by atoms with E-state index in [4.69, 9.17) is 21.1 Å². The van der Waals surface area contributed by atoms with Gasteiger partial charge in [0.15, 0.2) is 0 Å². The average Bonchev–Trinajstić information content (AvgIpc) is 2.79. The minimum Gasteiger partial charge on any atom is -0.478 e. The summed E-state index contributed by atoms with van der Waals surface area (Å²) in [5.74, 6) is -0.653. The number of hydrogen-bond donors (Lipinski definition) is 2. The summed E-state index contributed by atoms with van der Waals surface area (Å²) >= 11 is 9.34. The van der Waals surface area contributed by atoms with Gasteiger partial charge < -0.3 is 14.8 Å². The quantitative estimate of drug-likeness (QED) is 0.889. The van der Waals surface area contributed by atoms with Gasteiger partial charge in [-0.05, 0) is 24.3 Å². The number of rotatable bonds is 4. The number of nitrogens with one attached hydrogen (secondary N) is 1. The molecular formula is C12H9BrClNO3. The largest absolute Gasteiger partial charge is 0.478 e. The molecule has 0 bridgehead atoms. The molecule has 1 aromatic carbocycles. The molecule has 0 spiro atoms. The lowest BCUT2D eigenvalue weighted by atomic mass is 10.2. The van der Waals surface area contributed by atoms with Crippen molar-refractivity contribution in [2.24, 2.45) is 0 Å². The number of benzene rings is 1. The molecule has 2 N–H and O–H groups in total. The van der Waals surface area contributed by atoms with Crippen molar-refractivity contribution >= 4 is 39.2 Å². The number of anilines is 1. The Kier molecular flexibility index (Phi) is 3.93. The van der Waals surface area contributed by atoms with Gasteiger partial charge in [0.1, 0.15) is 11.3 Å². The second-order valence-electron chi connectivity index (χ2n) is 3.54. The fourth-order valence-electron chi connectivity index (χ4n) is 1.48. The highest BCUT2D eigenvalue weighted by Gasteiger charge is 2.13. The molecule has 1 aromatic heterocycles. The van der Waals surface area contributed by atoms with Gasteiger partial charge in [0, 0.05) is 4.47 Å². The molecular weight excluding hydrogens is 321 g/mol. The average molecular weight is 331 g/mol. The van der Waals surface area contributed by atoms with Crippen molar-refractivity contribution in [1.29, 1.82) is 0 Å². The molecule has 1 heterocycles. The van der Waals surface area contributed by atoms with E-state index in [9.17, 15) is 4.79 Å². The van der Waals surface area contributed by atoms with Gasteiger partial charge in [-0.15, -0.1) is 0 Å². The maximum atomic E-state index is 10.9. The Morgan fingerprint density at radius 1 is 1.44 bits per heavy atom. The Bertz CT molecular complexity index is 582. The SMILES string of the molecule is O=C(O)c1ccoc1CNc1cc(Br)ccc1Cl. The maximum Gasteiger partial charge on any atom is 0.339 e. The van der Waals surface area contributed by atoms with Crippen molar-refractivity contribution in [2.75, 3.05) is 5.32 Å². The monoisotopic (exact) mass is 329 g/mol. The molecule has 6 heteroatoms. The van der Waals surface area contributed by atoms with Crippen LogP contribution in [0, 0.1) is 0 Å². The Morgan fingerprint density at radius 3 is 2.94 bits per heavy atom. The molecule has 0 unspecified atom stereocenters. The number of hydrogen-bond acceptors (Lipinski definition) is 3. The van der Waals surface area contributed by atoms with Gasteiger partial charge in [-0.25, -0.2) is 4.79 Å². The van der Waals surface area contributed by atoms with Crippen LogP contribution < -0.4 is 5.32 Å². The molecule has 2 aromatic rings. The lowest BCUT2D eigenvalue weighted by Crippen LogP contribution is -2.04. The maximum absolute atomic E-state index is 10.9. The summed E-state index contributed by atoms with van der Waals surface area (Å²) in [7, 11) is 0. The van der Waals surface area contributed by atoms with Crippen LogP contribution in [0.15, 0.2) is 39.4 Å². The Morgan fingerprint density at radius 2 is 2.22 bits per heavy atom. The molecule has 0 fully saturated rings. The third-order valence-corrected chi connectivity index (χ3v) is 3.17. The first-order valence-electron chi connectivity index (χ1n) is 5.06. The van der Waals surface area contributed by atoms with E-state index in [2.05, 4.69) is 21.2 Å². The van der Waals surface area contributed by atoms with Gasteiger partial charge in [-0.2, -0.15) is 0 Å². The van der Waals surface area contributed by atoms with E-state index in [0.717, 1.165) is 4.47 Å². The fraction of sp³-hybridized carbons (Fsp3) is 0.0833. The van der Waals surface area contributed by atoms with Gasteiger partial charge >= 0.3 is 5.97 Å². The molecule has 0 aliphatic rings. The molecule has 0 radical (unpaired) electrons. The highest BCUT2D eigenvalue weighted by molar-refractivity contribution is 9.10. The Hall–Kier alpha value is -1.46. The number of carboxylic acids is 1. The van der Waals surface area contributed by atoms with Crippen LogP contribution >= 0.6 is 27.5 Å². The van der Waals surface area contributed by atoms with E-state index in [1.54, 1.807) is 6.07 Å². The summed E-state index contributed by atoms with van der Waals surface area (Å²) < 4.78 is 6.00. The molecule has 0 saturated heterocycles. The molecule has 0 aliphatic carbocycles. The Balaban J connectivity index is 2.14. The minimum atomic E-state index is -1.01. The van der Waals surface area contributed by atoms with Crippen LogP contribution in [0.5, 0.6) is 0 Å². The second kappa shape index (κ2) is 5.46. The predicted molar refractivity (Wildman–Crippen MR) is 72.1 cm³/mol. The molecule has 0 atom stereocenters. The van der Waals surface area contributed by atoms with Gasteiger partial charge in [0.25, 0.3) is 0 Å². The zero-order valence-electron chi connectivity index (χ0n) is 9.11. The predicted octanol–water partition coefficient (Wildman–Crippen LogP) is 4.01. The zero-order valence-corrected chi connectivity index (χ0v) is 11.5. The summed E-state index contributed by atoms with van der Waals surface area (Å²) in [6.45, 7) is 0.255. The lowest BCUT2D eigenvalue weighted by molar-refractivity contribution is 0.0694. The molecule has 18 heavy (non-hydrogen) atoms. The van der Waals surface area contributed by atoms with Crippen molar-refractivity contribution in [3.05, 3.63) is 51.3 Å². The third-order valence-electron chi connectivity index (χ3n) is 2.34. The topological polar surface area (TPSA) is 62.5 Å². The van der Waals surface area contributed by atoms with Gasteiger partial charge in [-0.3, -0.25) is 0 Å². The van der Waals surface area contributed by atoms with Crippen molar-refractivity contribution < 1.29 is 14.3 Å². The van der Waals surface area contributed by atoms with Gasteiger partial charge in [0.2, 0.25) is 0 Å². The van der Waals surface area contributed by atoms with Crippen molar-refractivity contribution in [3.8, 4) is 0 Å². The van der Waals surface area contributed by atoms with Crippen LogP contribution in [0.1, 0.15) is 16.1 Å². The van der Waals surface area contributed by atoms with Crippen LogP contribution in [0.3, 0.4) is 0 Å². The minimum absolute atomic E-state index is 0.147. The van der Waals surface area contributed by atoms with Crippen molar-refractivity contribution in [2.45, 2.75) is 6.54 Å². The molecule has 2 rings (SSSR count). The standard InChI is InChI=1S/C12H9BrClNO3/c13-7-1-2-9(14)10(5-7)15-6-11-8(12(16)17)3-4-18-11/h1-5,15H,6H2,(H,16,17). The summed E-state index contributed by atoms with van der Waals surface area (Å²) in [4.78, 5) is 10.9.